The van der Waals surface area contributed by atoms with Gasteiger partial charge in [-0.1, -0.05) is 6.07 Å². The van der Waals surface area contributed by atoms with Gasteiger partial charge in [0.1, 0.15) is 11.6 Å². The standard InChI is InChI=1S/C12H12FNO2/c1-8(15)12(9(2)16)7-14-11-5-3-4-10(13)6-11/h3-7,15H,1-2H3/b12-8+,14-7?. The van der Waals surface area contributed by atoms with Crippen LogP contribution < -0.4 is 0 Å². The van der Waals surface area contributed by atoms with Crippen molar-refractivity contribution in [2.24, 2.45) is 4.99 Å². The topological polar surface area (TPSA) is 49.7 Å². The van der Waals surface area contributed by atoms with Gasteiger partial charge in [-0.3, -0.25) is 9.79 Å². The number of aliphatic hydroxyl groups excluding tert-OH is 1. The van der Waals surface area contributed by atoms with Gasteiger partial charge in [-0.25, -0.2) is 4.39 Å². The summed E-state index contributed by atoms with van der Waals surface area (Å²) in [5.41, 5.74) is 0.504. The molecule has 0 amide bonds. The predicted octanol–water partition coefficient (Wildman–Crippen LogP) is 2.95. The molecule has 0 saturated carbocycles. The number of carbonyl (C=O) groups excluding carboxylic acids is 1. The van der Waals surface area contributed by atoms with E-state index in [2.05, 4.69) is 4.99 Å². The van der Waals surface area contributed by atoms with Gasteiger partial charge >= 0.3 is 0 Å². The van der Waals surface area contributed by atoms with Gasteiger partial charge in [-0.2, -0.15) is 0 Å². The molecule has 0 spiro atoms. The molecule has 1 aromatic carbocycles. The smallest absolute Gasteiger partial charge is 0.164 e. The number of aliphatic hydroxyl groups is 1. The second-order valence-corrected chi connectivity index (χ2v) is 3.29. The molecule has 16 heavy (non-hydrogen) atoms. The van der Waals surface area contributed by atoms with Crippen molar-refractivity contribution in [3.05, 3.63) is 41.4 Å². The van der Waals surface area contributed by atoms with Gasteiger partial charge in [0.05, 0.1) is 11.3 Å². The highest BCUT2D eigenvalue weighted by molar-refractivity contribution is 6.12. The van der Waals surface area contributed by atoms with E-state index in [1.54, 1.807) is 6.07 Å². The highest BCUT2D eigenvalue weighted by Crippen LogP contribution is 2.13. The zero-order valence-corrected chi connectivity index (χ0v) is 9.07. The molecule has 0 aliphatic carbocycles. The molecule has 84 valence electrons. The lowest BCUT2D eigenvalue weighted by Crippen LogP contribution is -2.01. The van der Waals surface area contributed by atoms with Crippen LogP contribution in [-0.4, -0.2) is 17.1 Å². The molecule has 3 nitrogen and oxygen atoms in total. The Morgan fingerprint density at radius 3 is 2.62 bits per heavy atom. The maximum Gasteiger partial charge on any atom is 0.164 e. The lowest BCUT2D eigenvalue weighted by molar-refractivity contribution is -0.113. The molecule has 0 aromatic heterocycles. The number of carbonyl (C=O) groups is 1. The number of nitrogens with zero attached hydrogens (tertiary/aromatic N) is 1. The van der Waals surface area contributed by atoms with Crippen LogP contribution >= 0.6 is 0 Å². The van der Waals surface area contributed by atoms with Crippen LogP contribution in [0.5, 0.6) is 0 Å². The van der Waals surface area contributed by atoms with Crippen LogP contribution in [0, 0.1) is 5.82 Å². The number of benzene rings is 1. The molecule has 0 bridgehead atoms. The third-order valence-electron chi connectivity index (χ3n) is 1.92. The van der Waals surface area contributed by atoms with Crippen LogP contribution in [0.15, 0.2) is 40.6 Å². The second-order valence-electron chi connectivity index (χ2n) is 3.29. The molecule has 0 atom stereocenters. The summed E-state index contributed by atoms with van der Waals surface area (Å²) in [4.78, 5) is 15.0. The Balaban J connectivity index is 2.96. The van der Waals surface area contributed by atoms with Gasteiger partial charge in [-0.05, 0) is 32.0 Å². The summed E-state index contributed by atoms with van der Waals surface area (Å²) in [7, 11) is 0. The fourth-order valence-corrected chi connectivity index (χ4v) is 1.13. The fraction of sp³-hybridized carbons (Fsp3) is 0.167. The summed E-state index contributed by atoms with van der Waals surface area (Å²) in [5, 5.41) is 9.21. The quantitative estimate of drug-likeness (QED) is 0.484. The van der Waals surface area contributed by atoms with Gasteiger partial charge < -0.3 is 5.11 Å². The molecule has 0 saturated heterocycles. The number of allylic oxidation sites excluding steroid dienone is 2. The van der Waals surface area contributed by atoms with Crippen LogP contribution in [0.4, 0.5) is 10.1 Å². The van der Waals surface area contributed by atoms with Crippen molar-refractivity contribution in [3.63, 3.8) is 0 Å². The highest BCUT2D eigenvalue weighted by Gasteiger charge is 2.04. The molecule has 1 rings (SSSR count). The number of Topliss-reactive ketones (excluding diaryl/α,β-unsaturated/α-hetero) is 1. The third kappa shape index (κ3) is 3.31. The normalized spacial score (nSPS) is 12.7. The van der Waals surface area contributed by atoms with E-state index in [9.17, 15) is 14.3 Å². The highest BCUT2D eigenvalue weighted by atomic mass is 19.1. The molecule has 0 heterocycles. The SMILES string of the molecule is CC(=O)/C(C=Nc1cccc(F)c1)=C(\C)O. The summed E-state index contributed by atoms with van der Waals surface area (Å²) < 4.78 is 12.8. The summed E-state index contributed by atoms with van der Waals surface area (Å²) >= 11 is 0. The molecule has 0 radical (unpaired) electrons. The van der Waals surface area contributed by atoms with Gasteiger partial charge in [0, 0.05) is 6.21 Å². The Bertz CT molecular complexity index is 460. The van der Waals surface area contributed by atoms with E-state index >= 15 is 0 Å². The molecule has 0 aliphatic rings. The molecule has 0 fully saturated rings. The van der Waals surface area contributed by atoms with Crippen molar-refractivity contribution in [1.82, 2.24) is 0 Å². The van der Waals surface area contributed by atoms with Crippen LogP contribution in [0.25, 0.3) is 0 Å². The summed E-state index contributed by atoms with van der Waals surface area (Å²) in [6.07, 6.45) is 1.23. The summed E-state index contributed by atoms with van der Waals surface area (Å²) in [6.45, 7) is 2.72. The van der Waals surface area contributed by atoms with Crippen LogP contribution in [0.2, 0.25) is 0 Å². The third-order valence-corrected chi connectivity index (χ3v) is 1.92. The first-order valence-electron chi connectivity index (χ1n) is 4.71. The Labute approximate surface area is 92.9 Å². The maximum atomic E-state index is 12.8. The Morgan fingerprint density at radius 1 is 1.44 bits per heavy atom. The van der Waals surface area contributed by atoms with E-state index < -0.39 is 5.82 Å². The average Bonchev–Trinajstić information content (AvgIpc) is 2.16. The van der Waals surface area contributed by atoms with E-state index in [1.807, 2.05) is 0 Å². The van der Waals surface area contributed by atoms with Crippen molar-refractivity contribution in [2.45, 2.75) is 13.8 Å². The van der Waals surface area contributed by atoms with Crippen molar-refractivity contribution < 1.29 is 14.3 Å². The first-order chi connectivity index (χ1) is 7.50. The van der Waals surface area contributed by atoms with Crippen molar-refractivity contribution in [3.8, 4) is 0 Å². The molecule has 1 aromatic rings. The van der Waals surface area contributed by atoms with E-state index in [1.165, 1.54) is 38.3 Å². The van der Waals surface area contributed by atoms with Crippen molar-refractivity contribution in [2.75, 3.05) is 0 Å². The fourth-order valence-electron chi connectivity index (χ4n) is 1.13. The van der Waals surface area contributed by atoms with E-state index in [4.69, 9.17) is 0 Å². The Morgan fingerprint density at radius 2 is 2.12 bits per heavy atom. The van der Waals surface area contributed by atoms with Gasteiger partial charge in [0.2, 0.25) is 0 Å². The summed E-state index contributed by atoms with van der Waals surface area (Å²) in [6, 6.07) is 5.66. The molecule has 1 N–H and O–H groups in total. The van der Waals surface area contributed by atoms with E-state index in [-0.39, 0.29) is 17.1 Å². The average molecular weight is 221 g/mol. The largest absolute Gasteiger partial charge is 0.512 e. The molecule has 4 heteroatoms. The first-order valence-corrected chi connectivity index (χ1v) is 4.71. The number of hydrogen-bond donors (Lipinski definition) is 1. The zero-order chi connectivity index (χ0) is 12.1. The number of rotatable bonds is 3. The number of halogens is 1. The molecule has 0 unspecified atom stereocenters. The minimum Gasteiger partial charge on any atom is -0.512 e. The predicted molar refractivity (Wildman–Crippen MR) is 60.6 cm³/mol. The summed E-state index contributed by atoms with van der Waals surface area (Å²) in [5.74, 6) is -0.795. The Hall–Kier alpha value is -1.97. The second kappa shape index (κ2) is 5.21. The molecular formula is C12H12FNO2. The van der Waals surface area contributed by atoms with E-state index in [0.717, 1.165) is 0 Å². The van der Waals surface area contributed by atoms with Crippen LogP contribution in [0.1, 0.15) is 13.8 Å². The van der Waals surface area contributed by atoms with Gasteiger partial charge in [0.25, 0.3) is 0 Å². The Kier molecular flexibility index (Phi) is 3.94. The van der Waals surface area contributed by atoms with Crippen LogP contribution in [-0.2, 0) is 4.79 Å². The lowest BCUT2D eigenvalue weighted by atomic mass is 10.2. The van der Waals surface area contributed by atoms with Gasteiger partial charge in [0.15, 0.2) is 5.78 Å². The first kappa shape index (κ1) is 12.1. The van der Waals surface area contributed by atoms with E-state index in [0.29, 0.717) is 5.69 Å². The van der Waals surface area contributed by atoms with Gasteiger partial charge in [-0.15, -0.1) is 0 Å². The minimum absolute atomic E-state index is 0.104. The molecular weight excluding hydrogens is 209 g/mol. The van der Waals surface area contributed by atoms with Crippen molar-refractivity contribution >= 4 is 17.7 Å². The minimum atomic E-state index is -0.399. The molecule has 0 aliphatic heterocycles. The maximum absolute atomic E-state index is 12.8. The number of aliphatic imine (C=N–C) groups is 1. The number of ketones is 1. The lowest BCUT2D eigenvalue weighted by Gasteiger charge is -1.98. The van der Waals surface area contributed by atoms with Crippen LogP contribution in [0.3, 0.4) is 0 Å². The zero-order valence-electron chi connectivity index (χ0n) is 9.07. The monoisotopic (exact) mass is 221 g/mol. The number of hydrogen-bond acceptors (Lipinski definition) is 3. The van der Waals surface area contributed by atoms with Crippen molar-refractivity contribution in [1.29, 1.82) is 0 Å².